The lowest BCUT2D eigenvalue weighted by molar-refractivity contribution is 0.723. The highest BCUT2D eigenvalue weighted by molar-refractivity contribution is 7.80. The minimum absolute atomic E-state index is 0.277. The fourth-order valence-electron chi connectivity index (χ4n) is 2.24. The molecule has 2 aromatic rings. The maximum absolute atomic E-state index is 5.41. The highest BCUT2D eigenvalue weighted by Crippen LogP contribution is 2.25. The molecule has 3 heteroatoms. The van der Waals surface area contributed by atoms with Gasteiger partial charge in [-0.15, -0.1) is 0 Å². The van der Waals surface area contributed by atoms with Crippen molar-refractivity contribution in [1.29, 1.82) is 0 Å². The molecule has 2 aromatic carbocycles. The van der Waals surface area contributed by atoms with E-state index in [4.69, 9.17) is 12.2 Å². The van der Waals surface area contributed by atoms with Gasteiger partial charge in [0.05, 0.1) is 6.04 Å². The summed E-state index contributed by atoms with van der Waals surface area (Å²) in [6.07, 6.45) is 0. The van der Waals surface area contributed by atoms with Gasteiger partial charge in [0.25, 0.3) is 0 Å². The molecule has 0 radical (unpaired) electrons. The molecule has 1 fully saturated rings. The van der Waals surface area contributed by atoms with E-state index < -0.39 is 0 Å². The van der Waals surface area contributed by atoms with Crippen LogP contribution >= 0.6 is 12.2 Å². The molecule has 1 saturated heterocycles. The predicted molar refractivity (Wildman–Crippen MR) is 78.7 cm³/mol. The Kier molecular flexibility index (Phi) is 2.99. The van der Waals surface area contributed by atoms with Crippen LogP contribution in [0.4, 0.5) is 5.69 Å². The van der Waals surface area contributed by atoms with Crippen LogP contribution in [0.1, 0.15) is 11.6 Å². The van der Waals surface area contributed by atoms with Crippen molar-refractivity contribution in [2.24, 2.45) is 0 Å². The van der Waals surface area contributed by atoms with E-state index in [2.05, 4.69) is 46.6 Å². The molecule has 0 aromatic heterocycles. The lowest BCUT2D eigenvalue weighted by atomic mass is 10.1. The van der Waals surface area contributed by atoms with Crippen molar-refractivity contribution in [2.45, 2.75) is 6.04 Å². The van der Waals surface area contributed by atoms with Gasteiger partial charge in [-0.2, -0.15) is 0 Å². The molecule has 18 heavy (non-hydrogen) atoms. The van der Waals surface area contributed by atoms with Crippen molar-refractivity contribution in [3.8, 4) is 0 Å². The van der Waals surface area contributed by atoms with E-state index in [0.29, 0.717) is 0 Å². The Morgan fingerprint density at radius 3 is 2.22 bits per heavy atom. The van der Waals surface area contributed by atoms with Crippen LogP contribution < -0.4 is 10.2 Å². The van der Waals surface area contributed by atoms with Crippen LogP contribution in [0.2, 0.25) is 0 Å². The molecule has 2 nitrogen and oxygen atoms in total. The summed E-state index contributed by atoms with van der Waals surface area (Å²) in [6.45, 7) is 0.882. The topological polar surface area (TPSA) is 15.3 Å². The maximum Gasteiger partial charge on any atom is 0.174 e. The molecule has 1 aliphatic heterocycles. The smallest absolute Gasteiger partial charge is 0.174 e. The van der Waals surface area contributed by atoms with E-state index in [0.717, 1.165) is 17.3 Å². The fourth-order valence-corrected chi connectivity index (χ4v) is 2.56. The molecule has 90 valence electrons. The number of nitrogens with one attached hydrogen (secondary N) is 1. The SMILES string of the molecule is S=C1NC(c2ccccc2)CN1c1ccccc1. The first-order chi connectivity index (χ1) is 8.84. The molecule has 1 N–H and O–H groups in total. The standard InChI is InChI=1S/C15H14N2S/c18-15-16-14(12-7-3-1-4-8-12)11-17(15)13-9-5-2-6-10-13/h1-10,14H,11H2,(H,16,18). The first-order valence-corrected chi connectivity index (χ1v) is 6.43. The Morgan fingerprint density at radius 2 is 1.56 bits per heavy atom. The third-order valence-electron chi connectivity index (χ3n) is 3.18. The zero-order valence-corrected chi connectivity index (χ0v) is 10.7. The second-order valence-corrected chi connectivity index (χ2v) is 4.75. The fraction of sp³-hybridized carbons (Fsp3) is 0.133. The number of nitrogens with zero attached hydrogens (tertiary/aromatic N) is 1. The maximum atomic E-state index is 5.41. The van der Waals surface area contributed by atoms with Crippen molar-refractivity contribution >= 4 is 23.0 Å². The molecule has 1 unspecified atom stereocenters. The van der Waals surface area contributed by atoms with Crippen LogP contribution in [0.15, 0.2) is 60.7 Å². The molecule has 0 bridgehead atoms. The van der Waals surface area contributed by atoms with Gasteiger partial charge in [-0.25, -0.2) is 0 Å². The third-order valence-corrected chi connectivity index (χ3v) is 3.52. The van der Waals surface area contributed by atoms with E-state index in [-0.39, 0.29) is 6.04 Å². The summed E-state index contributed by atoms with van der Waals surface area (Å²) in [5, 5.41) is 4.18. The molecule has 1 atom stereocenters. The summed E-state index contributed by atoms with van der Waals surface area (Å²) in [4.78, 5) is 2.15. The molecule has 0 saturated carbocycles. The average Bonchev–Trinajstić information content (AvgIpc) is 2.83. The molecule has 1 aliphatic rings. The Labute approximate surface area is 112 Å². The van der Waals surface area contributed by atoms with E-state index in [1.165, 1.54) is 5.56 Å². The van der Waals surface area contributed by atoms with Gasteiger partial charge in [-0.3, -0.25) is 0 Å². The number of rotatable bonds is 2. The van der Waals surface area contributed by atoms with Gasteiger partial charge >= 0.3 is 0 Å². The van der Waals surface area contributed by atoms with Gasteiger partial charge in [0.15, 0.2) is 5.11 Å². The lowest BCUT2D eigenvalue weighted by Crippen LogP contribution is -2.27. The Bertz CT molecular complexity index is 539. The van der Waals surface area contributed by atoms with Crippen LogP contribution in [0.3, 0.4) is 0 Å². The minimum atomic E-state index is 0.277. The first-order valence-electron chi connectivity index (χ1n) is 6.02. The second-order valence-electron chi connectivity index (χ2n) is 4.36. The minimum Gasteiger partial charge on any atom is -0.354 e. The van der Waals surface area contributed by atoms with Crippen LogP contribution in [0, 0.1) is 0 Å². The summed E-state index contributed by atoms with van der Waals surface area (Å²) >= 11 is 5.41. The largest absolute Gasteiger partial charge is 0.354 e. The molecule has 0 spiro atoms. The molecule has 0 aliphatic carbocycles. The van der Waals surface area contributed by atoms with Gasteiger partial charge in [0.2, 0.25) is 0 Å². The molecule has 3 rings (SSSR count). The quantitative estimate of drug-likeness (QED) is 0.829. The van der Waals surface area contributed by atoms with Crippen molar-refractivity contribution in [3.63, 3.8) is 0 Å². The highest BCUT2D eigenvalue weighted by Gasteiger charge is 2.27. The lowest BCUT2D eigenvalue weighted by Gasteiger charge is -2.16. The Morgan fingerprint density at radius 1 is 0.944 bits per heavy atom. The Balaban J connectivity index is 1.83. The van der Waals surface area contributed by atoms with Crippen LogP contribution in [0.25, 0.3) is 0 Å². The molecule has 1 heterocycles. The predicted octanol–water partition coefficient (Wildman–Crippen LogP) is 3.12. The van der Waals surface area contributed by atoms with E-state index >= 15 is 0 Å². The highest BCUT2D eigenvalue weighted by atomic mass is 32.1. The van der Waals surface area contributed by atoms with Crippen molar-refractivity contribution in [1.82, 2.24) is 5.32 Å². The summed E-state index contributed by atoms with van der Waals surface area (Å²) < 4.78 is 0. The van der Waals surface area contributed by atoms with Gasteiger partial charge < -0.3 is 10.2 Å². The number of para-hydroxylation sites is 1. The first kappa shape index (κ1) is 11.2. The Hall–Kier alpha value is -1.87. The third kappa shape index (κ3) is 2.09. The monoisotopic (exact) mass is 254 g/mol. The summed E-state index contributed by atoms with van der Waals surface area (Å²) in [6, 6.07) is 21.0. The van der Waals surface area contributed by atoms with Crippen molar-refractivity contribution in [2.75, 3.05) is 11.4 Å². The number of thiocarbonyl (C=S) groups is 1. The molecular weight excluding hydrogens is 240 g/mol. The number of hydrogen-bond donors (Lipinski definition) is 1. The van der Waals surface area contributed by atoms with Crippen molar-refractivity contribution in [3.05, 3.63) is 66.2 Å². The van der Waals surface area contributed by atoms with Crippen molar-refractivity contribution < 1.29 is 0 Å². The number of hydrogen-bond acceptors (Lipinski definition) is 1. The average molecular weight is 254 g/mol. The number of anilines is 1. The van der Waals surface area contributed by atoms with Gasteiger partial charge in [-0.1, -0.05) is 48.5 Å². The zero-order chi connectivity index (χ0) is 12.4. The van der Waals surface area contributed by atoms with Gasteiger partial charge in [-0.05, 0) is 29.9 Å². The number of benzene rings is 2. The van der Waals surface area contributed by atoms with Gasteiger partial charge in [0, 0.05) is 12.2 Å². The van der Waals surface area contributed by atoms with Crippen LogP contribution in [-0.2, 0) is 0 Å². The second kappa shape index (κ2) is 4.78. The molecular formula is C15H14N2S. The summed E-state index contributed by atoms with van der Waals surface area (Å²) in [7, 11) is 0. The van der Waals surface area contributed by atoms with Gasteiger partial charge in [0.1, 0.15) is 0 Å². The summed E-state index contributed by atoms with van der Waals surface area (Å²) in [5.74, 6) is 0. The molecule has 0 amide bonds. The van der Waals surface area contributed by atoms with Crippen LogP contribution in [0.5, 0.6) is 0 Å². The van der Waals surface area contributed by atoms with E-state index in [1.54, 1.807) is 0 Å². The van der Waals surface area contributed by atoms with Crippen LogP contribution in [-0.4, -0.2) is 11.7 Å². The van der Waals surface area contributed by atoms with E-state index in [9.17, 15) is 0 Å². The normalized spacial score (nSPS) is 18.8. The summed E-state index contributed by atoms with van der Waals surface area (Å²) in [5.41, 5.74) is 2.42. The van der Waals surface area contributed by atoms with E-state index in [1.807, 2.05) is 24.3 Å². The zero-order valence-electron chi connectivity index (χ0n) is 9.91.